The Hall–Kier alpha value is -2.82. The van der Waals surface area contributed by atoms with Gasteiger partial charge in [-0.15, -0.1) is 0 Å². The lowest BCUT2D eigenvalue weighted by molar-refractivity contribution is -0.192. The minimum Gasteiger partial charge on any atom is -0.475 e. The van der Waals surface area contributed by atoms with Gasteiger partial charge in [-0.05, 0) is 69.1 Å². The number of carboxylic acid groups (broad SMARTS) is 1. The van der Waals surface area contributed by atoms with Gasteiger partial charge in [0.15, 0.2) is 0 Å². The molecule has 1 atom stereocenters. The summed E-state index contributed by atoms with van der Waals surface area (Å²) in [5, 5.41) is 7.12. The second-order valence-electron chi connectivity index (χ2n) is 13.8. The Labute approximate surface area is 271 Å². The highest BCUT2D eigenvalue weighted by Crippen LogP contribution is 2.42. The summed E-state index contributed by atoms with van der Waals surface area (Å²) in [5.74, 6) is -1.48. The number of likely N-dealkylation sites (tertiary alicyclic amines) is 2. The number of benzene rings is 1. The van der Waals surface area contributed by atoms with Crippen molar-refractivity contribution < 1.29 is 37.4 Å². The SMILES string of the molecule is CCCCC1CN(CC2CCCCC2)C(=O)OC12CCN(C1CCN(C(=O)c3cccc(C)c3C)CC1)CC2.O=C(O)C(F)(F)F. The smallest absolute Gasteiger partial charge is 0.475 e. The number of amides is 2. The number of halogens is 3. The van der Waals surface area contributed by atoms with Gasteiger partial charge in [0.1, 0.15) is 5.60 Å². The van der Waals surface area contributed by atoms with E-state index in [9.17, 15) is 22.8 Å². The molecule has 0 aromatic heterocycles. The normalized spacial score (nSPS) is 23.1. The minimum atomic E-state index is -5.08. The number of carbonyl (C=O) groups is 3. The van der Waals surface area contributed by atoms with Crippen LogP contribution in [-0.4, -0.2) is 94.9 Å². The van der Waals surface area contributed by atoms with Crippen molar-refractivity contribution in [1.29, 1.82) is 0 Å². The molecule has 258 valence electrons. The molecule has 1 spiro atoms. The van der Waals surface area contributed by atoms with Gasteiger partial charge in [-0.25, -0.2) is 9.59 Å². The zero-order valence-corrected chi connectivity index (χ0v) is 27.7. The first kappa shape index (κ1) is 36.0. The third kappa shape index (κ3) is 8.95. The molecule has 3 saturated heterocycles. The molecule has 1 saturated carbocycles. The molecule has 3 aliphatic heterocycles. The third-order valence-electron chi connectivity index (χ3n) is 10.8. The van der Waals surface area contributed by atoms with Crippen LogP contribution in [0.15, 0.2) is 18.2 Å². The first-order valence-electron chi connectivity index (χ1n) is 17.2. The van der Waals surface area contributed by atoms with Crippen molar-refractivity contribution in [1.82, 2.24) is 14.7 Å². The summed E-state index contributed by atoms with van der Waals surface area (Å²) in [4.78, 5) is 42.1. The molecule has 3 heterocycles. The summed E-state index contributed by atoms with van der Waals surface area (Å²) in [6, 6.07) is 6.55. The van der Waals surface area contributed by atoms with E-state index in [4.69, 9.17) is 14.6 Å². The van der Waals surface area contributed by atoms with Gasteiger partial charge >= 0.3 is 18.2 Å². The molecule has 46 heavy (non-hydrogen) atoms. The Kier molecular flexibility index (Phi) is 12.4. The molecule has 1 aromatic rings. The summed E-state index contributed by atoms with van der Waals surface area (Å²) in [6.07, 6.45) is 8.86. The molecule has 1 aliphatic carbocycles. The van der Waals surface area contributed by atoms with Gasteiger partial charge < -0.3 is 19.6 Å². The van der Waals surface area contributed by atoms with Crippen molar-refractivity contribution in [2.24, 2.45) is 11.8 Å². The van der Waals surface area contributed by atoms with E-state index in [0.717, 1.165) is 82.5 Å². The average molecular weight is 652 g/mol. The highest BCUT2D eigenvalue weighted by molar-refractivity contribution is 5.96. The van der Waals surface area contributed by atoms with E-state index in [0.29, 0.717) is 17.9 Å². The summed E-state index contributed by atoms with van der Waals surface area (Å²) >= 11 is 0. The first-order chi connectivity index (χ1) is 21.8. The number of aryl methyl sites for hydroxylation is 1. The number of carboxylic acids is 1. The van der Waals surface area contributed by atoms with Crippen molar-refractivity contribution in [3.8, 4) is 0 Å². The molecular formula is C35H52F3N3O5. The van der Waals surface area contributed by atoms with Crippen LogP contribution in [0, 0.1) is 25.7 Å². The maximum absolute atomic E-state index is 13.3. The second-order valence-corrected chi connectivity index (χ2v) is 13.8. The lowest BCUT2D eigenvalue weighted by Gasteiger charge is -2.52. The van der Waals surface area contributed by atoms with Crippen molar-refractivity contribution >= 4 is 18.0 Å². The Morgan fingerprint density at radius 3 is 2.22 bits per heavy atom. The van der Waals surface area contributed by atoms with Gasteiger partial charge in [-0.2, -0.15) is 13.2 Å². The second kappa shape index (κ2) is 15.8. The van der Waals surface area contributed by atoms with Crippen LogP contribution in [0.5, 0.6) is 0 Å². The topological polar surface area (TPSA) is 90.4 Å². The van der Waals surface area contributed by atoms with Gasteiger partial charge in [0.2, 0.25) is 0 Å². The summed E-state index contributed by atoms with van der Waals surface area (Å²) in [5.41, 5.74) is 2.84. The average Bonchev–Trinajstić information content (AvgIpc) is 3.04. The zero-order chi connectivity index (χ0) is 33.5. The predicted molar refractivity (Wildman–Crippen MR) is 170 cm³/mol. The molecule has 0 radical (unpaired) electrons. The van der Waals surface area contributed by atoms with E-state index in [1.54, 1.807) is 0 Å². The van der Waals surface area contributed by atoms with Gasteiger partial charge in [-0.1, -0.05) is 51.2 Å². The quantitative estimate of drug-likeness (QED) is 0.335. The van der Waals surface area contributed by atoms with Gasteiger partial charge in [0.25, 0.3) is 5.91 Å². The molecule has 11 heteroatoms. The Morgan fingerprint density at radius 2 is 1.63 bits per heavy atom. The van der Waals surface area contributed by atoms with Crippen molar-refractivity contribution in [2.45, 2.75) is 116 Å². The number of hydrogen-bond acceptors (Lipinski definition) is 5. The fourth-order valence-corrected chi connectivity index (χ4v) is 7.83. The van der Waals surface area contributed by atoms with E-state index in [2.05, 4.69) is 36.6 Å². The van der Waals surface area contributed by atoms with Gasteiger partial charge in [0, 0.05) is 69.6 Å². The summed E-state index contributed by atoms with van der Waals surface area (Å²) in [6.45, 7) is 11.8. The Morgan fingerprint density at radius 1 is 1.00 bits per heavy atom. The van der Waals surface area contributed by atoms with Crippen molar-refractivity contribution in [2.75, 3.05) is 39.3 Å². The maximum Gasteiger partial charge on any atom is 0.490 e. The first-order valence-corrected chi connectivity index (χ1v) is 17.2. The van der Waals surface area contributed by atoms with Gasteiger partial charge in [0.05, 0.1) is 0 Å². The standard InChI is InChI=1S/C33H51N3O3.C2HF3O2/c1-4-5-13-28-24-36(23-27-11-7-6-8-12-27)32(38)39-33(28)17-21-34(22-18-33)29-15-19-35(20-16-29)31(37)30-14-9-10-25(2)26(30)3;3-2(4,5)1(6)7/h9-10,14,27-29H,4-8,11-13,15-24H2,1-3H3;(H,6,7). The molecule has 1 unspecified atom stereocenters. The highest BCUT2D eigenvalue weighted by Gasteiger charge is 2.50. The molecule has 4 fully saturated rings. The number of carbonyl (C=O) groups excluding carboxylic acids is 2. The van der Waals surface area contributed by atoms with Gasteiger partial charge in [-0.3, -0.25) is 9.69 Å². The molecule has 8 nitrogen and oxygen atoms in total. The van der Waals surface area contributed by atoms with Crippen LogP contribution >= 0.6 is 0 Å². The molecular weight excluding hydrogens is 599 g/mol. The molecule has 2 amide bonds. The van der Waals surface area contributed by atoms with Crippen LogP contribution in [-0.2, 0) is 9.53 Å². The van der Waals surface area contributed by atoms with E-state index in [1.165, 1.54) is 50.5 Å². The zero-order valence-electron chi connectivity index (χ0n) is 27.7. The number of hydrogen-bond donors (Lipinski definition) is 1. The van der Waals surface area contributed by atoms with E-state index < -0.39 is 12.1 Å². The lowest BCUT2D eigenvalue weighted by Crippen LogP contribution is -2.61. The number of nitrogens with zero attached hydrogens (tertiary/aromatic N) is 3. The van der Waals surface area contributed by atoms with Crippen LogP contribution in [0.4, 0.5) is 18.0 Å². The number of ether oxygens (including phenoxy) is 1. The fourth-order valence-electron chi connectivity index (χ4n) is 7.83. The number of rotatable bonds is 7. The largest absolute Gasteiger partial charge is 0.490 e. The summed E-state index contributed by atoms with van der Waals surface area (Å²) < 4.78 is 38.2. The maximum atomic E-state index is 13.3. The predicted octanol–water partition coefficient (Wildman–Crippen LogP) is 7.21. The van der Waals surface area contributed by atoms with E-state index >= 15 is 0 Å². The monoisotopic (exact) mass is 651 g/mol. The van der Waals surface area contributed by atoms with Crippen LogP contribution < -0.4 is 0 Å². The number of aliphatic carboxylic acids is 1. The summed E-state index contributed by atoms with van der Waals surface area (Å²) in [7, 11) is 0. The number of alkyl halides is 3. The highest BCUT2D eigenvalue weighted by atomic mass is 19.4. The molecule has 1 aromatic carbocycles. The Bertz CT molecular complexity index is 1190. The number of unbranched alkanes of at least 4 members (excludes halogenated alkanes) is 1. The number of piperidine rings is 2. The van der Waals surface area contributed by atoms with Crippen LogP contribution in [0.25, 0.3) is 0 Å². The fraction of sp³-hybridized carbons (Fsp3) is 0.743. The molecule has 0 bridgehead atoms. The van der Waals surface area contributed by atoms with Crippen LogP contribution in [0.1, 0.15) is 105 Å². The lowest BCUT2D eigenvalue weighted by atomic mass is 9.75. The van der Waals surface area contributed by atoms with E-state index in [-0.39, 0.29) is 17.6 Å². The van der Waals surface area contributed by atoms with E-state index in [1.807, 2.05) is 17.0 Å². The molecule has 1 N–H and O–H groups in total. The third-order valence-corrected chi connectivity index (χ3v) is 10.8. The van der Waals surface area contributed by atoms with Crippen LogP contribution in [0.2, 0.25) is 0 Å². The van der Waals surface area contributed by atoms with Crippen molar-refractivity contribution in [3.63, 3.8) is 0 Å². The Balaban J connectivity index is 0.000000617. The van der Waals surface area contributed by atoms with Crippen LogP contribution in [0.3, 0.4) is 0 Å². The molecule has 4 aliphatic rings. The van der Waals surface area contributed by atoms with Crippen molar-refractivity contribution in [3.05, 3.63) is 34.9 Å². The minimum absolute atomic E-state index is 0.0555. The molecule has 5 rings (SSSR count).